The molecule has 1 saturated carbocycles. The van der Waals surface area contributed by atoms with Gasteiger partial charge in [0, 0.05) is 51.3 Å². The summed E-state index contributed by atoms with van der Waals surface area (Å²) in [6, 6.07) is 3.29. The van der Waals surface area contributed by atoms with Crippen molar-refractivity contribution in [2.75, 3.05) is 26.2 Å². The normalized spacial score (nSPS) is 19.9. The standard InChI is InChI=1S/C18H20F2N8O2/c1-11-14(16(30)26-7-5-25(6-8-26)12-9-18(19,20)10-12)22-24-28(11)17-21-15(29)13-3-2-4-27(13)23-17/h2-4,12H,5-10H2,1H3,(H,21,23,29). The second-order valence-electron chi connectivity index (χ2n) is 7.75. The molecule has 3 aromatic heterocycles. The Morgan fingerprint density at radius 1 is 1.23 bits per heavy atom. The molecule has 0 radical (unpaired) electrons. The van der Waals surface area contributed by atoms with E-state index in [4.69, 9.17) is 0 Å². The Bertz CT molecular complexity index is 1110. The quantitative estimate of drug-likeness (QED) is 0.673. The first-order valence-electron chi connectivity index (χ1n) is 9.70. The van der Waals surface area contributed by atoms with Gasteiger partial charge in [0.2, 0.25) is 5.88 Å². The maximum atomic E-state index is 13.1. The minimum absolute atomic E-state index is 0.0935. The third-order valence-corrected chi connectivity index (χ3v) is 5.83. The summed E-state index contributed by atoms with van der Waals surface area (Å²) in [7, 11) is 0. The lowest BCUT2D eigenvalue weighted by atomic mass is 9.86. The average Bonchev–Trinajstić information content (AvgIpc) is 3.32. The van der Waals surface area contributed by atoms with Gasteiger partial charge in [-0.1, -0.05) is 5.21 Å². The van der Waals surface area contributed by atoms with Gasteiger partial charge in [0.05, 0.1) is 5.69 Å². The van der Waals surface area contributed by atoms with Crippen LogP contribution in [0.4, 0.5) is 8.78 Å². The number of nitrogens with zero attached hydrogens (tertiary/aromatic N) is 8. The van der Waals surface area contributed by atoms with Crippen LogP contribution in [0.2, 0.25) is 0 Å². The van der Waals surface area contributed by atoms with Crippen molar-refractivity contribution in [3.63, 3.8) is 0 Å². The van der Waals surface area contributed by atoms with Crippen molar-refractivity contribution < 1.29 is 18.7 Å². The number of piperazine rings is 1. The van der Waals surface area contributed by atoms with Crippen molar-refractivity contribution in [2.45, 2.75) is 31.7 Å². The predicted molar refractivity (Wildman–Crippen MR) is 99.8 cm³/mol. The van der Waals surface area contributed by atoms with Crippen LogP contribution in [0, 0.1) is 6.92 Å². The van der Waals surface area contributed by atoms with Crippen LogP contribution in [-0.4, -0.2) is 88.5 Å². The van der Waals surface area contributed by atoms with Gasteiger partial charge >= 0.3 is 0 Å². The van der Waals surface area contributed by atoms with Gasteiger partial charge in [0.15, 0.2) is 5.69 Å². The highest BCUT2D eigenvalue weighted by Crippen LogP contribution is 2.40. The number of fused-ring (bicyclic) bond motifs is 1. The molecule has 158 valence electrons. The number of aromatic hydroxyl groups is 1. The van der Waals surface area contributed by atoms with Crippen molar-refractivity contribution in [2.24, 2.45) is 0 Å². The molecule has 2 fully saturated rings. The molecule has 1 saturated heterocycles. The first-order valence-corrected chi connectivity index (χ1v) is 9.70. The number of carbonyl (C=O) groups excluding carboxylic acids is 1. The van der Waals surface area contributed by atoms with E-state index in [0.717, 1.165) is 0 Å². The van der Waals surface area contributed by atoms with Gasteiger partial charge in [-0.15, -0.1) is 10.2 Å². The van der Waals surface area contributed by atoms with Crippen LogP contribution in [0.3, 0.4) is 0 Å². The molecule has 0 spiro atoms. The third-order valence-electron chi connectivity index (χ3n) is 5.83. The van der Waals surface area contributed by atoms with Crippen LogP contribution in [0.25, 0.3) is 11.5 Å². The van der Waals surface area contributed by atoms with E-state index >= 15 is 0 Å². The lowest BCUT2D eigenvalue weighted by Crippen LogP contribution is -2.57. The molecule has 5 rings (SSSR count). The molecule has 12 heteroatoms. The molecule has 1 amide bonds. The molecule has 1 aliphatic heterocycles. The van der Waals surface area contributed by atoms with Gasteiger partial charge in [0.1, 0.15) is 5.52 Å². The first-order chi connectivity index (χ1) is 14.3. The van der Waals surface area contributed by atoms with E-state index in [1.807, 2.05) is 4.90 Å². The second kappa shape index (κ2) is 6.69. The molecular weight excluding hydrogens is 398 g/mol. The largest absolute Gasteiger partial charge is 0.492 e. The van der Waals surface area contributed by atoms with Crippen LogP contribution in [0.5, 0.6) is 5.88 Å². The van der Waals surface area contributed by atoms with Gasteiger partial charge < -0.3 is 10.0 Å². The lowest BCUT2D eigenvalue weighted by Gasteiger charge is -2.46. The first kappa shape index (κ1) is 18.9. The molecule has 0 aromatic carbocycles. The Kier molecular flexibility index (Phi) is 4.20. The number of alkyl halides is 2. The van der Waals surface area contributed by atoms with E-state index in [1.165, 1.54) is 9.20 Å². The fraction of sp³-hybridized carbons (Fsp3) is 0.500. The van der Waals surface area contributed by atoms with Crippen molar-refractivity contribution in [1.29, 1.82) is 0 Å². The topological polar surface area (TPSA) is 105 Å². The summed E-state index contributed by atoms with van der Waals surface area (Å²) in [5.41, 5.74) is 1.08. The molecule has 1 N–H and O–H groups in total. The molecule has 0 atom stereocenters. The lowest BCUT2D eigenvalue weighted by molar-refractivity contribution is -0.128. The van der Waals surface area contributed by atoms with Gasteiger partial charge in [-0.05, 0) is 19.1 Å². The van der Waals surface area contributed by atoms with Crippen LogP contribution >= 0.6 is 0 Å². The number of amides is 1. The summed E-state index contributed by atoms with van der Waals surface area (Å²) in [4.78, 5) is 20.7. The summed E-state index contributed by atoms with van der Waals surface area (Å²) < 4.78 is 29.0. The summed E-state index contributed by atoms with van der Waals surface area (Å²) >= 11 is 0. The number of halogens is 2. The predicted octanol–water partition coefficient (Wildman–Crippen LogP) is 0.880. The van der Waals surface area contributed by atoms with E-state index in [1.54, 1.807) is 30.2 Å². The molecule has 0 bridgehead atoms. The Hall–Kier alpha value is -3.15. The zero-order valence-electron chi connectivity index (χ0n) is 16.2. The molecule has 10 nitrogen and oxygen atoms in total. The van der Waals surface area contributed by atoms with Crippen molar-refractivity contribution in [3.8, 4) is 11.8 Å². The Morgan fingerprint density at radius 3 is 2.67 bits per heavy atom. The van der Waals surface area contributed by atoms with E-state index in [9.17, 15) is 18.7 Å². The van der Waals surface area contributed by atoms with Gasteiger partial charge in [-0.2, -0.15) is 9.67 Å². The number of aromatic nitrogens is 6. The van der Waals surface area contributed by atoms with E-state index in [2.05, 4.69) is 20.4 Å². The van der Waals surface area contributed by atoms with Gasteiger partial charge in [-0.3, -0.25) is 9.69 Å². The van der Waals surface area contributed by atoms with E-state index in [0.29, 0.717) is 37.4 Å². The highest BCUT2D eigenvalue weighted by molar-refractivity contribution is 5.93. The Labute approximate surface area is 169 Å². The van der Waals surface area contributed by atoms with Crippen LogP contribution in [0.1, 0.15) is 29.0 Å². The summed E-state index contributed by atoms with van der Waals surface area (Å²) in [5.74, 6) is -2.93. The minimum atomic E-state index is -2.55. The monoisotopic (exact) mass is 418 g/mol. The number of hydrogen-bond acceptors (Lipinski definition) is 7. The average molecular weight is 418 g/mol. The van der Waals surface area contributed by atoms with Gasteiger partial charge in [-0.25, -0.2) is 13.3 Å². The molecule has 0 unspecified atom stereocenters. The molecule has 1 aliphatic carbocycles. The smallest absolute Gasteiger partial charge is 0.276 e. The minimum Gasteiger partial charge on any atom is -0.492 e. The van der Waals surface area contributed by atoms with E-state index in [-0.39, 0.29) is 42.3 Å². The van der Waals surface area contributed by atoms with E-state index < -0.39 is 5.92 Å². The maximum Gasteiger partial charge on any atom is 0.276 e. The Morgan fingerprint density at radius 2 is 1.97 bits per heavy atom. The molecular formula is C18H20F2N8O2. The SMILES string of the molecule is Cc1c(C(=O)N2CCN(C3CC(F)(F)C3)CC2)nnn1-c1nc(O)c2cccn2n1. The number of rotatable bonds is 3. The van der Waals surface area contributed by atoms with Crippen molar-refractivity contribution >= 4 is 11.4 Å². The van der Waals surface area contributed by atoms with Crippen molar-refractivity contribution in [1.82, 2.24) is 39.4 Å². The zero-order valence-corrected chi connectivity index (χ0v) is 16.2. The fourth-order valence-corrected chi connectivity index (χ4v) is 4.04. The summed E-state index contributed by atoms with van der Waals surface area (Å²) in [6.07, 6.45) is 1.45. The van der Waals surface area contributed by atoms with Crippen LogP contribution in [0.15, 0.2) is 18.3 Å². The highest BCUT2D eigenvalue weighted by atomic mass is 19.3. The maximum absolute atomic E-state index is 13.1. The molecule has 30 heavy (non-hydrogen) atoms. The Balaban J connectivity index is 1.31. The fourth-order valence-electron chi connectivity index (χ4n) is 4.04. The molecule has 2 aliphatic rings. The zero-order chi connectivity index (χ0) is 21.0. The van der Waals surface area contributed by atoms with Gasteiger partial charge in [0.25, 0.3) is 17.8 Å². The summed E-state index contributed by atoms with van der Waals surface area (Å²) in [5, 5.41) is 22.4. The third kappa shape index (κ3) is 3.07. The molecule has 3 aromatic rings. The number of hydrogen-bond donors (Lipinski definition) is 1. The highest BCUT2D eigenvalue weighted by Gasteiger charge is 2.48. The number of carbonyl (C=O) groups is 1. The van der Waals surface area contributed by atoms with Crippen molar-refractivity contribution in [3.05, 3.63) is 29.7 Å². The van der Waals surface area contributed by atoms with Crippen LogP contribution < -0.4 is 0 Å². The molecule has 4 heterocycles. The summed E-state index contributed by atoms with van der Waals surface area (Å²) in [6.45, 7) is 3.68. The second-order valence-corrected chi connectivity index (χ2v) is 7.75. The van der Waals surface area contributed by atoms with Crippen LogP contribution in [-0.2, 0) is 0 Å².